The monoisotopic (exact) mass is 185 g/mol. The number of nitrogens with one attached hydrogen (secondary N) is 1. The SMILES string of the molecule is CCC1CC(C(CC)NC)CCO1. The first-order valence-corrected chi connectivity index (χ1v) is 5.60. The molecule has 0 aromatic heterocycles. The lowest BCUT2D eigenvalue weighted by atomic mass is 9.86. The number of hydrogen-bond acceptors (Lipinski definition) is 2. The molecule has 1 aliphatic heterocycles. The summed E-state index contributed by atoms with van der Waals surface area (Å²) in [5.41, 5.74) is 0. The molecule has 3 unspecified atom stereocenters. The van der Waals surface area contributed by atoms with Gasteiger partial charge in [-0.2, -0.15) is 0 Å². The van der Waals surface area contributed by atoms with Crippen molar-refractivity contribution in [2.24, 2.45) is 5.92 Å². The molecule has 0 saturated carbocycles. The molecule has 1 saturated heterocycles. The Hall–Kier alpha value is -0.0800. The first-order chi connectivity index (χ1) is 6.31. The first-order valence-electron chi connectivity index (χ1n) is 5.60. The second kappa shape index (κ2) is 5.61. The van der Waals surface area contributed by atoms with Crippen molar-refractivity contribution < 1.29 is 4.74 Å². The van der Waals surface area contributed by atoms with Crippen LogP contribution in [0.4, 0.5) is 0 Å². The summed E-state index contributed by atoms with van der Waals surface area (Å²) in [5, 5.41) is 3.41. The van der Waals surface area contributed by atoms with Gasteiger partial charge in [-0.25, -0.2) is 0 Å². The second-order valence-electron chi connectivity index (χ2n) is 3.99. The molecule has 0 aromatic rings. The average Bonchev–Trinajstić information content (AvgIpc) is 2.20. The maximum Gasteiger partial charge on any atom is 0.0575 e. The van der Waals surface area contributed by atoms with Gasteiger partial charge >= 0.3 is 0 Å². The minimum Gasteiger partial charge on any atom is -0.378 e. The lowest BCUT2D eigenvalue weighted by molar-refractivity contribution is -0.0183. The Kier molecular flexibility index (Phi) is 4.74. The molecule has 3 atom stereocenters. The quantitative estimate of drug-likeness (QED) is 0.725. The highest BCUT2D eigenvalue weighted by Gasteiger charge is 2.26. The van der Waals surface area contributed by atoms with Gasteiger partial charge in [0.2, 0.25) is 0 Å². The molecule has 0 spiro atoms. The maximum absolute atomic E-state index is 5.67. The summed E-state index contributed by atoms with van der Waals surface area (Å²) in [7, 11) is 2.07. The zero-order valence-corrected chi connectivity index (χ0v) is 9.18. The molecule has 1 aliphatic rings. The molecule has 13 heavy (non-hydrogen) atoms. The molecule has 1 heterocycles. The van der Waals surface area contributed by atoms with E-state index in [1.54, 1.807) is 0 Å². The van der Waals surface area contributed by atoms with Crippen LogP contribution >= 0.6 is 0 Å². The van der Waals surface area contributed by atoms with Crippen LogP contribution in [0.1, 0.15) is 39.5 Å². The van der Waals surface area contributed by atoms with E-state index in [1.165, 1.54) is 19.3 Å². The molecule has 0 aromatic carbocycles. The van der Waals surface area contributed by atoms with Gasteiger partial charge in [0.15, 0.2) is 0 Å². The topological polar surface area (TPSA) is 21.3 Å². The summed E-state index contributed by atoms with van der Waals surface area (Å²) in [5.74, 6) is 0.827. The van der Waals surface area contributed by atoms with Crippen molar-refractivity contribution >= 4 is 0 Å². The van der Waals surface area contributed by atoms with Crippen LogP contribution in [0.3, 0.4) is 0 Å². The lowest BCUT2D eigenvalue weighted by Crippen LogP contribution is -2.39. The molecule has 1 rings (SSSR count). The Morgan fingerprint density at radius 2 is 2.23 bits per heavy atom. The highest BCUT2D eigenvalue weighted by molar-refractivity contribution is 4.79. The van der Waals surface area contributed by atoms with Gasteiger partial charge in [0.1, 0.15) is 0 Å². The van der Waals surface area contributed by atoms with Gasteiger partial charge < -0.3 is 10.1 Å². The fraction of sp³-hybridized carbons (Fsp3) is 1.00. The Morgan fingerprint density at radius 1 is 1.46 bits per heavy atom. The zero-order valence-electron chi connectivity index (χ0n) is 9.18. The van der Waals surface area contributed by atoms with Crippen LogP contribution in [0.15, 0.2) is 0 Å². The Morgan fingerprint density at radius 3 is 2.77 bits per heavy atom. The van der Waals surface area contributed by atoms with Crippen molar-refractivity contribution in [3.05, 3.63) is 0 Å². The lowest BCUT2D eigenvalue weighted by Gasteiger charge is -2.33. The van der Waals surface area contributed by atoms with Crippen molar-refractivity contribution in [1.29, 1.82) is 0 Å². The predicted molar refractivity (Wildman–Crippen MR) is 55.9 cm³/mol. The first kappa shape index (κ1) is 11.0. The van der Waals surface area contributed by atoms with Gasteiger partial charge in [0.05, 0.1) is 6.10 Å². The summed E-state index contributed by atoms with van der Waals surface area (Å²) in [6.45, 7) is 5.44. The van der Waals surface area contributed by atoms with Crippen LogP contribution in [-0.2, 0) is 4.74 Å². The Labute approximate surface area is 82.0 Å². The van der Waals surface area contributed by atoms with Crippen LogP contribution in [0.5, 0.6) is 0 Å². The normalized spacial score (nSPS) is 31.6. The third kappa shape index (κ3) is 2.96. The summed E-state index contributed by atoms with van der Waals surface area (Å²) in [6, 6.07) is 0.693. The highest BCUT2D eigenvalue weighted by Crippen LogP contribution is 2.25. The molecule has 78 valence electrons. The fourth-order valence-electron chi connectivity index (χ4n) is 2.33. The molecule has 2 nitrogen and oxygen atoms in total. The second-order valence-corrected chi connectivity index (χ2v) is 3.99. The fourth-order valence-corrected chi connectivity index (χ4v) is 2.33. The van der Waals surface area contributed by atoms with Crippen LogP contribution < -0.4 is 5.32 Å². The minimum absolute atomic E-state index is 0.515. The molecule has 1 N–H and O–H groups in total. The van der Waals surface area contributed by atoms with Crippen molar-refractivity contribution in [3.63, 3.8) is 0 Å². The van der Waals surface area contributed by atoms with E-state index in [-0.39, 0.29) is 0 Å². The maximum atomic E-state index is 5.67. The zero-order chi connectivity index (χ0) is 9.68. The van der Waals surface area contributed by atoms with Gasteiger partial charge in [-0.15, -0.1) is 0 Å². The van der Waals surface area contributed by atoms with Crippen molar-refractivity contribution in [2.45, 2.75) is 51.7 Å². The molecule has 0 aliphatic carbocycles. The smallest absolute Gasteiger partial charge is 0.0575 e. The molecule has 0 bridgehead atoms. The Balaban J connectivity index is 2.40. The largest absolute Gasteiger partial charge is 0.378 e. The van der Waals surface area contributed by atoms with Gasteiger partial charge in [-0.1, -0.05) is 13.8 Å². The Bertz CT molecular complexity index is 134. The minimum atomic E-state index is 0.515. The van der Waals surface area contributed by atoms with E-state index in [1.807, 2.05) is 0 Å². The van der Waals surface area contributed by atoms with Crippen molar-refractivity contribution in [2.75, 3.05) is 13.7 Å². The third-order valence-electron chi connectivity index (χ3n) is 3.24. The summed E-state index contributed by atoms with van der Waals surface area (Å²) < 4.78 is 5.67. The predicted octanol–water partition coefficient (Wildman–Crippen LogP) is 2.19. The molecule has 0 radical (unpaired) electrons. The number of rotatable bonds is 4. The van der Waals surface area contributed by atoms with Crippen LogP contribution in [0, 0.1) is 5.92 Å². The standard InChI is InChI=1S/C11H23NO/c1-4-10-8-9(6-7-13-10)11(5-2)12-3/h9-12H,4-8H2,1-3H3. The van der Waals surface area contributed by atoms with Crippen molar-refractivity contribution in [1.82, 2.24) is 5.32 Å². The van der Waals surface area contributed by atoms with Crippen molar-refractivity contribution in [3.8, 4) is 0 Å². The highest BCUT2D eigenvalue weighted by atomic mass is 16.5. The summed E-state index contributed by atoms with van der Waals surface area (Å²) in [4.78, 5) is 0. The van der Waals surface area contributed by atoms with E-state index < -0.39 is 0 Å². The molecule has 1 fully saturated rings. The van der Waals surface area contributed by atoms with Gasteiger partial charge in [0, 0.05) is 12.6 Å². The van der Waals surface area contributed by atoms with E-state index in [9.17, 15) is 0 Å². The molecular weight excluding hydrogens is 162 g/mol. The molecule has 0 amide bonds. The van der Waals surface area contributed by atoms with Crippen LogP contribution in [0.25, 0.3) is 0 Å². The van der Waals surface area contributed by atoms with Crippen LogP contribution in [0.2, 0.25) is 0 Å². The van der Waals surface area contributed by atoms with Gasteiger partial charge in [0.25, 0.3) is 0 Å². The van der Waals surface area contributed by atoms with Crippen LogP contribution in [-0.4, -0.2) is 25.8 Å². The average molecular weight is 185 g/mol. The number of ether oxygens (including phenoxy) is 1. The van der Waals surface area contributed by atoms with Gasteiger partial charge in [-0.05, 0) is 38.6 Å². The third-order valence-corrected chi connectivity index (χ3v) is 3.24. The molecular formula is C11H23NO. The summed E-state index contributed by atoms with van der Waals surface area (Å²) >= 11 is 0. The number of hydrogen-bond donors (Lipinski definition) is 1. The van der Waals surface area contributed by atoms with E-state index in [2.05, 4.69) is 26.2 Å². The van der Waals surface area contributed by atoms with E-state index >= 15 is 0 Å². The van der Waals surface area contributed by atoms with E-state index in [4.69, 9.17) is 4.74 Å². The van der Waals surface area contributed by atoms with Gasteiger partial charge in [-0.3, -0.25) is 0 Å². The van der Waals surface area contributed by atoms with E-state index in [0.29, 0.717) is 12.1 Å². The summed E-state index contributed by atoms with van der Waals surface area (Å²) in [6.07, 6.45) is 5.39. The molecule has 2 heteroatoms. The van der Waals surface area contributed by atoms with E-state index in [0.717, 1.165) is 18.9 Å².